The van der Waals surface area contributed by atoms with Crippen molar-refractivity contribution >= 4 is 34.4 Å². The van der Waals surface area contributed by atoms with E-state index < -0.39 is 18.2 Å². The maximum atomic E-state index is 13.3. The molecule has 0 bridgehead atoms. The van der Waals surface area contributed by atoms with Crippen LogP contribution in [-0.2, 0) is 9.59 Å². The van der Waals surface area contributed by atoms with Crippen molar-refractivity contribution < 1.29 is 24.5 Å². The smallest absolute Gasteiger partial charge is 0.247 e. The second-order valence-corrected chi connectivity index (χ2v) is 10.0. The quantitative estimate of drug-likeness (QED) is 0.331. The molecule has 0 aliphatic heterocycles. The lowest BCUT2D eigenvalue weighted by Gasteiger charge is -2.43. The Labute approximate surface area is 209 Å². The first-order chi connectivity index (χ1) is 15.8. The fourth-order valence-electron chi connectivity index (χ4n) is 4.55. The molecule has 180 valence electrons. The van der Waals surface area contributed by atoms with Crippen molar-refractivity contribution in [1.29, 1.82) is 0 Å². The van der Waals surface area contributed by atoms with E-state index in [1.165, 1.54) is 0 Å². The number of para-hydroxylation sites is 1. The van der Waals surface area contributed by atoms with Gasteiger partial charge in [-0.05, 0) is 67.5 Å². The molecule has 0 heterocycles. The Morgan fingerprint density at radius 2 is 1.94 bits per heavy atom. The average Bonchev–Trinajstić information content (AvgIpc) is 3.29. The van der Waals surface area contributed by atoms with Gasteiger partial charge in [0.05, 0.1) is 16.2 Å². The molecular formula is C25H33IN2O5. The third kappa shape index (κ3) is 6.58. The number of benzene rings is 1. The summed E-state index contributed by atoms with van der Waals surface area (Å²) in [5.74, 6) is 0.145. The molecular weight excluding hydrogens is 535 g/mol. The summed E-state index contributed by atoms with van der Waals surface area (Å²) in [6.45, 7) is 3.72. The van der Waals surface area contributed by atoms with Crippen molar-refractivity contribution in [1.82, 2.24) is 10.2 Å². The lowest BCUT2D eigenvalue weighted by molar-refractivity contribution is -0.136. The highest BCUT2D eigenvalue weighted by Gasteiger charge is 2.43. The van der Waals surface area contributed by atoms with Crippen LogP contribution in [0.3, 0.4) is 0 Å². The molecule has 0 saturated heterocycles. The standard InChI is InChI=1S/C25H33IN2O5/c1-16(2)13-23(30)28(18-7-3-4-8-18)20-14-17(25(32)27-11-12-29)15-22(24(20)31)33-21-10-6-5-9-19(21)26/h5-6,9-10,13,15,18,20,22,24,29,31H,3-4,7-8,11-12,14H2,1-2H3,(H,27,32). The second-order valence-electron chi connectivity index (χ2n) is 8.85. The Kier molecular flexibility index (Phi) is 9.34. The minimum absolute atomic E-state index is 0.0186. The lowest BCUT2D eigenvalue weighted by Crippen LogP contribution is -2.57. The maximum Gasteiger partial charge on any atom is 0.247 e. The molecule has 33 heavy (non-hydrogen) atoms. The van der Waals surface area contributed by atoms with Gasteiger partial charge in [0.2, 0.25) is 11.8 Å². The molecule has 2 amide bonds. The van der Waals surface area contributed by atoms with E-state index in [-0.39, 0.29) is 37.4 Å². The van der Waals surface area contributed by atoms with Crippen LogP contribution >= 0.6 is 22.6 Å². The predicted octanol–water partition coefficient (Wildman–Crippen LogP) is 2.94. The molecule has 1 saturated carbocycles. The van der Waals surface area contributed by atoms with E-state index in [0.717, 1.165) is 34.8 Å². The fraction of sp³-hybridized carbons (Fsp3) is 0.520. The molecule has 7 nitrogen and oxygen atoms in total. The normalized spacial score (nSPS) is 22.9. The molecule has 3 unspecified atom stereocenters. The Hall–Kier alpha value is -1.91. The number of ether oxygens (including phenoxy) is 1. The summed E-state index contributed by atoms with van der Waals surface area (Å²) in [5.41, 5.74) is 1.33. The minimum Gasteiger partial charge on any atom is -0.482 e. The number of hydrogen-bond donors (Lipinski definition) is 3. The molecule has 0 aromatic heterocycles. The van der Waals surface area contributed by atoms with Gasteiger partial charge >= 0.3 is 0 Å². The van der Waals surface area contributed by atoms with Gasteiger partial charge in [0.25, 0.3) is 0 Å². The van der Waals surface area contributed by atoms with Crippen LogP contribution in [0.5, 0.6) is 5.75 Å². The molecule has 3 rings (SSSR count). The Morgan fingerprint density at radius 1 is 1.24 bits per heavy atom. The van der Waals surface area contributed by atoms with Crippen LogP contribution in [0.1, 0.15) is 46.0 Å². The molecule has 3 N–H and O–H groups in total. The van der Waals surface area contributed by atoms with Gasteiger partial charge in [0.15, 0.2) is 0 Å². The summed E-state index contributed by atoms with van der Waals surface area (Å²) < 4.78 is 7.06. The van der Waals surface area contributed by atoms with E-state index >= 15 is 0 Å². The zero-order valence-electron chi connectivity index (χ0n) is 19.2. The number of halogens is 1. The Morgan fingerprint density at radius 3 is 2.58 bits per heavy atom. The van der Waals surface area contributed by atoms with E-state index in [2.05, 4.69) is 27.9 Å². The largest absolute Gasteiger partial charge is 0.482 e. The van der Waals surface area contributed by atoms with Gasteiger partial charge in [-0.3, -0.25) is 9.59 Å². The topological polar surface area (TPSA) is 99.1 Å². The zero-order chi connectivity index (χ0) is 24.0. The number of nitrogens with one attached hydrogen (secondary N) is 1. The highest BCUT2D eigenvalue weighted by Crippen LogP contribution is 2.34. The van der Waals surface area contributed by atoms with Crippen LogP contribution in [0.2, 0.25) is 0 Å². The van der Waals surface area contributed by atoms with Gasteiger partial charge in [-0.25, -0.2) is 0 Å². The van der Waals surface area contributed by atoms with Crippen LogP contribution < -0.4 is 10.1 Å². The van der Waals surface area contributed by atoms with E-state index in [1.54, 1.807) is 17.1 Å². The summed E-state index contributed by atoms with van der Waals surface area (Å²) in [5, 5.41) is 23.2. The molecule has 0 radical (unpaired) electrons. The van der Waals surface area contributed by atoms with Gasteiger partial charge in [-0.2, -0.15) is 0 Å². The molecule has 0 spiro atoms. The van der Waals surface area contributed by atoms with Crippen molar-refractivity contribution in [3.05, 3.63) is 51.1 Å². The van der Waals surface area contributed by atoms with Gasteiger partial charge in [0.1, 0.15) is 18.0 Å². The minimum atomic E-state index is -0.995. The van der Waals surface area contributed by atoms with Crippen LogP contribution in [0.25, 0.3) is 0 Å². The number of carbonyl (C=O) groups excluding carboxylic acids is 2. The van der Waals surface area contributed by atoms with Crippen LogP contribution in [-0.4, -0.2) is 64.4 Å². The first kappa shape index (κ1) is 25.7. The molecule has 1 aromatic carbocycles. The molecule has 3 atom stereocenters. The van der Waals surface area contributed by atoms with Crippen LogP contribution in [0.4, 0.5) is 0 Å². The van der Waals surface area contributed by atoms with Crippen molar-refractivity contribution in [2.24, 2.45) is 0 Å². The van der Waals surface area contributed by atoms with E-state index in [4.69, 9.17) is 9.84 Å². The van der Waals surface area contributed by atoms with Gasteiger partial charge in [0, 0.05) is 30.7 Å². The predicted molar refractivity (Wildman–Crippen MR) is 135 cm³/mol. The highest BCUT2D eigenvalue weighted by atomic mass is 127. The van der Waals surface area contributed by atoms with Crippen LogP contribution in [0.15, 0.2) is 47.6 Å². The first-order valence-corrected chi connectivity index (χ1v) is 12.6. The number of carbonyl (C=O) groups is 2. The molecule has 8 heteroatoms. The lowest BCUT2D eigenvalue weighted by atomic mass is 9.87. The maximum absolute atomic E-state index is 13.3. The third-order valence-corrected chi connectivity index (χ3v) is 6.95. The summed E-state index contributed by atoms with van der Waals surface area (Å²) in [6, 6.07) is 6.90. The van der Waals surface area contributed by atoms with Crippen molar-refractivity contribution in [2.75, 3.05) is 13.2 Å². The molecule has 1 fully saturated rings. The number of aliphatic hydroxyl groups excluding tert-OH is 2. The second kappa shape index (κ2) is 12.0. The first-order valence-electron chi connectivity index (χ1n) is 11.5. The fourth-order valence-corrected chi connectivity index (χ4v) is 5.07. The summed E-state index contributed by atoms with van der Waals surface area (Å²) >= 11 is 2.17. The van der Waals surface area contributed by atoms with Crippen molar-refractivity contribution in [2.45, 2.75) is 70.2 Å². The number of hydrogen-bond acceptors (Lipinski definition) is 5. The summed E-state index contributed by atoms with van der Waals surface area (Å²) in [6.07, 6.45) is 5.51. The average molecular weight is 568 g/mol. The molecule has 2 aliphatic rings. The number of aliphatic hydroxyl groups is 2. The third-order valence-electron chi connectivity index (χ3n) is 6.06. The summed E-state index contributed by atoms with van der Waals surface area (Å²) in [7, 11) is 0. The van der Waals surface area contributed by atoms with E-state index in [0.29, 0.717) is 11.3 Å². The zero-order valence-corrected chi connectivity index (χ0v) is 21.3. The van der Waals surface area contributed by atoms with E-state index in [1.807, 2.05) is 38.1 Å². The molecule has 2 aliphatic carbocycles. The number of amides is 2. The highest BCUT2D eigenvalue weighted by molar-refractivity contribution is 14.1. The van der Waals surface area contributed by atoms with Gasteiger partial charge in [-0.15, -0.1) is 0 Å². The number of allylic oxidation sites excluding steroid dienone is 1. The Balaban J connectivity index is 1.97. The Bertz CT molecular complexity index is 906. The van der Waals surface area contributed by atoms with Crippen LogP contribution in [0, 0.1) is 3.57 Å². The molecule has 1 aromatic rings. The number of nitrogens with zero attached hydrogens (tertiary/aromatic N) is 1. The van der Waals surface area contributed by atoms with Gasteiger partial charge in [-0.1, -0.05) is 30.5 Å². The van der Waals surface area contributed by atoms with Crippen molar-refractivity contribution in [3.63, 3.8) is 0 Å². The van der Waals surface area contributed by atoms with E-state index in [9.17, 15) is 14.7 Å². The number of rotatable bonds is 8. The summed E-state index contributed by atoms with van der Waals surface area (Å²) in [4.78, 5) is 27.9. The SMILES string of the molecule is CC(C)=CC(=O)N(C1CCCC1)C1CC(C(=O)NCCO)=CC(Oc2ccccc2I)C1O. The monoisotopic (exact) mass is 568 g/mol. The van der Waals surface area contributed by atoms with Gasteiger partial charge < -0.3 is 25.2 Å². The van der Waals surface area contributed by atoms with Crippen molar-refractivity contribution in [3.8, 4) is 5.75 Å².